The van der Waals surface area contributed by atoms with Gasteiger partial charge in [-0.1, -0.05) is 37.6 Å². The molecule has 0 bridgehead atoms. The summed E-state index contributed by atoms with van der Waals surface area (Å²) >= 11 is 0. The number of aromatic nitrogens is 1. The highest BCUT2D eigenvalue weighted by molar-refractivity contribution is 5.68. The lowest BCUT2D eigenvalue weighted by atomic mass is 9.97. The number of aromatic hydroxyl groups is 2. The molecule has 1 unspecified atom stereocenters. The zero-order valence-corrected chi connectivity index (χ0v) is 22.2. The van der Waals surface area contributed by atoms with Crippen LogP contribution in [0.3, 0.4) is 0 Å². The lowest BCUT2D eigenvalue weighted by Crippen LogP contribution is -2.31. The average Bonchev–Trinajstić information content (AvgIpc) is 3.51. The van der Waals surface area contributed by atoms with Gasteiger partial charge in [0.15, 0.2) is 11.8 Å². The summed E-state index contributed by atoms with van der Waals surface area (Å²) in [6, 6.07) is 14.9. The Morgan fingerprint density at radius 2 is 1.89 bits per heavy atom. The van der Waals surface area contributed by atoms with Gasteiger partial charge in [0, 0.05) is 37.7 Å². The first-order chi connectivity index (χ1) is 18.4. The van der Waals surface area contributed by atoms with Crippen LogP contribution in [0.4, 0.5) is 0 Å². The number of unbranched alkanes of at least 4 members (excludes halogenated alkanes) is 1. The zero-order valence-electron chi connectivity index (χ0n) is 22.2. The Hall–Kier alpha value is -3.65. The van der Waals surface area contributed by atoms with Crippen LogP contribution < -0.4 is 9.47 Å². The van der Waals surface area contributed by atoms with Crippen molar-refractivity contribution in [3.63, 3.8) is 0 Å². The fourth-order valence-corrected chi connectivity index (χ4v) is 5.17. The lowest BCUT2D eigenvalue weighted by molar-refractivity contribution is -0.138. The number of ether oxygens (including phenoxy) is 2. The van der Waals surface area contributed by atoms with Gasteiger partial charge in [-0.05, 0) is 60.2 Å². The molecular weight excluding hydrogens is 484 g/mol. The molecule has 0 fully saturated rings. The van der Waals surface area contributed by atoms with Gasteiger partial charge < -0.3 is 24.8 Å². The second-order valence-corrected chi connectivity index (χ2v) is 9.85. The van der Waals surface area contributed by atoms with Gasteiger partial charge in [0.05, 0.1) is 20.1 Å². The molecule has 38 heavy (non-hydrogen) atoms. The van der Waals surface area contributed by atoms with Gasteiger partial charge in [-0.25, -0.2) is 0 Å². The molecule has 1 atom stereocenters. The van der Waals surface area contributed by atoms with Gasteiger partial charge >= 0.3 is 5.97 Å². The average molecular weight is 523 g/mol. The molecule has 0 saturated heterocycles. The fourth-order valence-electron chi connectivity index (χ4n) is 5.17. The van der Waals surface area contributed by atoms with E-state index in [1.54, 1.807) is 7.11 Å². The monoisotopic (exact) mass is 522 g/mol. The van der Waals surface area contributed by atoms with Gasteiger partial charge in [-0.15, -0.1) is 0 Å². The Morgan fingerprint density at radius 1 is 1.11 bits per heavy atom. The standard InChI is InChI=1S/C30H38N2O6/c1-3-4-14-31(25(19-30(35)36)23-9-10-26-24(18-23)13-16-38-26)20-21-7-8-22(27(17-21)37-2)6-5-15-32-28(33)11-12-29(32)34/h7-12,17-18,25,33-34H,3-6,13-16,19-20H2,1-2H3,(H,35,36). The Morgan fingerprint density at radius 3 is 2.61 bits per heavy atom. The van der Waals surface area contributed by atoms with Crippen LogP contribution in [-0.2, 0) is 30.7 Å². The molecule has 0 spiro atoms. The van der Waals surface area contributed by atoms with E-state index in [-0.39, 0.29) is 24.2 Å². The summed E-state index contributed by atoms with van der Waals surface area (Å²) in [5.41, 5.74) is 4.25. The summed E-state index contributed by atoms with van der Waals surface area (Å²) in [6.07, 6.45) is 4.30. The first kappa shape index (κ1) is 27.4. The van der Waals surface area contributed by atoms with Gasteiger partial charge in [0.1, 0.15) is 11.5 Å². The maximum Gasteiger partial charge on any atom is 0.305 e. The van der Waals surface area contributed by atoms with Crippen LogP contribution in [0.1, 0.15) is 60.9 Å². The molecule has 0 radical (unpaired) electrons. The van der Waals surface area contributed by atoms with E-state index in [0.29, 0.717) is 19.7 Å². The number of aryl methyl sites for hydroxylation is 1. The van der Waals surface area contributed by atoms with Gasteiger partial charge in [-0.3, -0.25) is 14.3 Å². The number of hydrogen-bond donors (Lipinski definition) is 3. The first-order valence-corrected chi connectivity index (χ1v) is 13.3. The summed E-state index contributed by atoms with van der Waals surface area (Å²) < 4.78 is 12.8. The van der Waals surface area contributed by atoms with Crippen molar-refractivity contribution in [2.75, 3.05) is 20.3 Å². The molecule has 0 saturated carbocycles. The van der Waals surface area contributed by atoms with E-state index < -0.39 is 5.97 Å². The van der Waals surface area contributed by atoms with Crippen LogP contribution in [0.5, 0.6) is 23.3 Å². The molecular formula is C30H38N2O6. The van der Waals surface area contributed by atoms with E-state index in [4.69, 9.17) is 9.47 Å². The summed E-state index contributed by atoms with van der Waals surface area (Å²) in [5, 5.41) is 29.5. The first-order valence-electron chi connectivity index (χ1n) is 13.3. The van der Waals surface area contributed by atoms with Crippen molar-refractivity contribution in [1.82, 2.24) is 9.47 Å². The molecule has 1 aliphatic heterocycles. The molecule has 4 rings (SSSR count). The number of fused-ring (bicyclic) bond motifs is 1. The minimum Gasteiger partial charge on any atom is -0.496 e. The van der Waals surface area contributed by atoms with Crippen molar-refractivity contribution < 1.29 is 29.6 Å². The second kappa shape index (κ2) is 12.7. The molecule has 204 valence electrons. The number of rotatable bonds is 14. The molecule has 2 aromatic carbocycles. The van der Waals surface area contributed by atoms with Crippen LogP contribution in [-0.4, -0.2) is 51.0 Å². The minimum absolute atomic E-state index is 0.0255. The molecule has 3 aromatic rings. The number of methoxy groups -OCH3 is 1. The Kier molecular flexibility index (Phi) is 9.18. The predicted molar refractivity (Wildman–Crippen MR) is 145 cm³/mol. The Balaban J connectivity index is 1.52. The van der Waals surface area contributed by atoms with Crippen molar-refractivity contribution in [3.05, 3.63) is 70.8 Å². The smallest absolute Gasteiger partial charge is 0.305 e. The van der Waals surface area contributed by atoms with Gasteiger partial charge in [0.25, 0.3) is 0 Å². The molecule has 1 aliphatic rings. The number of carboxylic acids is 1. The highest BCUT2D eigenvalue weighted by atomic mass is 16.5. The van der Waals surface area contributed by atoms with Crippen molar-refractivity contribution >= 4 is 5.97 Å². The van der Waals surface area contributed by atoms with E-state index in [2.05, 4.69) is 30.0 Å². The van der Waals surface area contributed by atoms with E-state index in [1.165, 1.54) is 16.7 Å². The third kappa shape index (κ3) is 6.61. The van der Waals surface area contributed by atoms with E-state index in [9.17, 15) is 20.1 Å². The molecule has 0 amide bonds. The SMILES string of the molecule is CCCCN(Cc1ccc(CCCn2c(O)ccc2O)c(OC)c1)C(CC(=O)O)c1ccc2c(c1)CCO2. The van der Waals surface area contributed by atoms with Crippen molar-refractivity contribution in [3.8, 4) is 23.3 Å². The summed E-state index contributed by atoms with van der Waals surface area (Å²) in [6.45, 7) is 4.69. The largest absolute Gasteiger partial charge is 0.496 e. The normalized spacial score (nSPS) is 13.3. The second-order valence-electron chi connectivity index (χ2n) is 9.85. The third-order valence-electron chi connectivity index (χ3n) is 7.21. The van der Waals surface area contributed by atoms with Gasteiger partial charge in [0.2, 0.25) is 0 Å². The van der Waals surface area contributed by atoms with Crippen molar-refractivity contribution in [1.29, 1.82) is 0 Å². The molecule has 3 N–H and O–H groups in total. The van der Waals surface area contributed by atoms with Crippen LogP contribution in [0.2, 0.25) is 0 Å². The van der Waals surface area contributed by atoms with Crippen molar-refractivity contribution in [2.45, 2.75) is 64.6 Å². The lowest BCUT2D eigenvalue weighted by Gasteiger charge is -2.32. The maximum absolute atomic E-state index is 11.9. The number of benzene rings is 2. The third-order valence-corrected chi connectivity index (χ3v) is 7.21. The number of carbonyl (C=O) groups is 1. The van der Waals surface area contributed by atoms with E-state index in [1.807, 2.05) is 18.2 Å². The molecule has 8 heteroatoms. The number of hydrogen-bond acceptors (Lipinski definition) is 6. The van der Waals surface area contributed by atoms with Crippen LogP contribution in [0.15, 0.2) is 48.5 Å². The van der Waals surface area contributed by atoms with Crippen LogP contribution >= 0.6 is 0 Å². The van der Waals surface area contributed by atoms with Crippen molar-refractivity contribution in [2.24, 2.45) is 0 Å². The summed E-state index contributed by atoms with van der Waals surface area (Å²) in [7, 11) is 1.65. The Bertz CT molecular complexity index is 1220. The number of aliphatic carboxylic acids is 1. The minimum atomic E-state index is -0.819. The molecule has 8 nitrogen and oxygen atoms in total. The van der Waals surface area contributed by atoms with E-state index >= 15 is 0 Å². The van der Waals surface area contributed by atoms with E-state index in [0.717, 1.165) is 72.4 Å². The van der Waals surface area contributed by atoms with Crippen LogP contribution in [0, 0.1) is 0 Å². The zero-order chi connectivity index (χ0) is 27.1. The predicted octanol–water partition coefficient (Wildman–Crippen LogP) is 5.29. The molecule has 0 aliphatic carbocycles. The number of carboxylic acid groups (broad SMARTS) is 1. The highest BCUT2D eigenvalue weighted by Gasteiger charge is 2.25. The van der Waals surface area contributed by atoms with Crippen LogP contribution in [0.25, 0.3) is 0 Å². The quantitative estimate of drug-likeness (QED) is 0.264. The molecule has 1 aromatic heterocycles. The fraction of sp³-hybridized carbons (Fsp3) is 0.433. The summed E-state index contributed by atoms with van der Waals surface area (Å²) in [5.74, 6) is 0.947. The topological polar surface area (TPSA) is 104 Å². The van der Waals surface area contributed by atoms with Gasteiger partial charge in [-0.2, -0.15) is 0 Å². The number of nitrogens with zero attached hydrogens (tertiary/aromatic N) is 2. The maximum atomic E-state index is 11.9. The molecule has 2 heterocycles. The summed E-state index contributed by atoms with van der Waals surface area (Å²) in [4.78, 5) is 14.2. The highest BCUT2D eigenvalue weighted by Crippen LogP contribution is 2.34. The Labute approximate surface area is 224 Å².